The Kier molecular flexibility index (Phi) is 8.10. The van der Waals surface area contributed by atoms with Gasteiger partial charge in [-0.1, -0.05) is 181 Å². The summed E-state index contributed by atoms with van der Waals surface area (Å²) in [5, 5.41) is 7.60. The smallest absolute Gasteiger partial charge is 0.232 e. The Hall–Kier alpha value is -6.05. The molecular formula is C48H33NSSi. The molecule has 0 radical (unpaired) electrons. The first kappa shape index (κ1) is 31.0. The maximum absolute atomic E-state index is 4.19. The number of rotatable bonds is 5. The highest BCUT2D eigenvalue weighted by molar-refractivity contribution is 7.99. The summed E-state index contributed by atoms with van der Waals surface area (Å²) in [7, 11) is -3.14. The lowest BCUT2D eigenvalue weighted by Crippen LogP contribution is -2.49. The minimum Gasteiger partial charge on any atom is -0.354 e. The normalized spacial score (nSPS) is 14.2. The van der Waals surface area contributed by atoms with Crippen molar-refractivity contribution in [2.45, 2.75) is 9.79 Å². The van der Waals surface area contributed by atoms with E-state index in [2.05, 4.69) is 211 Å². The van der Waals surface area contributed by atoms with E-state index in [9.17, 15) is 0 Å². The van der Waals surface area contributed by atoms with Crippen LogP contribution in [-0.4, -0.2) is 8.07 Å². The van der Waals surface area contributed by atoms with Gasteiger partial charge in [0.1, 0.15) is 0 Å². The fourth-order valence-electron chi connectivity index (χ4n) is 7.53. The molecule has 0 aliphatic carbocycles. The molecule has 0 atom stereocenters. The predicted molar refractivity (Wildman–Crippen MR) is 218 cm³/mol. The zero-order valence-electron chi connectivity index (χ0n) is 27.9. The van der Waals surface area contributed by atoms with E-state index in [1.807, 2.05) is 0 Å². The van der Waals surface area contributed by atoms with Crippen molar-refractivity contribution in [3.05, 3.63) is 222 Å². The van der Waals surface area contributed by atoms with Crippen LogP contribution in [0.1, 0.15) is 27.8 Å². The lowest BCUT2D eigenvalue weighted by molar-refractivity contribution is 1.31. The Bertz CT molecular complexity index is 2400. The molecule has 0 saturated carbocycles. The van der Waals surface area contributed by atoms with Crippen molar-refractivity contribution in [1.29, 1.82) is 0 Å². The first-order chi connectivity index (χ1) is 25.3. The number of allylic oxidation sites excluding steroid dienone is 2. The van der Waals surface area contributed by atoms with Gasteiger partial charge in [0.05, 0.1) is 11.4 Å². The van der Waals surface area contributed by atoms with Crippen LogP contribution in [0.15, 0.2) is 204 Å². The van der Waals surface area contributed by atoms with E-state index in [4.69, 9.17) is 0 Å². The third-order valence-corrected chi connectivity index (χ3v) is 15.1. The topological polar surface area (TPSA) is 12.0 Å². The summed E-state index contributed by atoms with van der Waals surface area (Å²) in [5.41, 5.74) is 14.8. The third-order valence-electron chi connectivity index (χ3n) is 9.71. The second kappa shape index (κ2) is 13.3. The van der Waals surface area contributed by atoms with Gasteiger partial charge in [0.15, 0.2) is 0 Å². The van der Waals surface area contributed by atoms with Crippen LogP contribution in [0.3, 0.4) is 0 Å². The van der Waals surface area contributed by atoms with Gasteiger partial charge >= 0.3 is 0 Å². The number of nitrogens with one attached hydrogen (secondary N) is 1. The highest BCUT2D eigenvalue weighted by Crippen LogP contribution is 2.55. The summed E-state index contributed by atoms with van der Waals surface area (Å²) in [6, 6.07) is 70.1. The van der Waals surface area contributed by atoms with E-state index in [1.165, 1.54) is 58.8 Å². The van der Waals surface area contributed by atoms with Crippen molar-refractivity contribution >= 4 is 57.9 Å². The molecule has 0 aromatic heterocycles. The van der Waals surface area contributed by atoms with Crippen LogP contribution in [0, 0.1) is 11.5 Å². The Morgan fingerprint density at radius 1 is 0.412 bits per heavy atom. The van der Waals surface area contributed by atoms with Gasteiger partial charge in [-0.05, 0) is 79.3 Å². The van der Waals surface area contributed by atoms with Crippen LogP contribution < -0.4 is 10.5 Å². The summed E-state index contributed by atoms with van der Waals surface area (Å²) in [4.78, 5) is 2.45. The minimum absolute atomic E-state index is 0.998. The Morgan fingerprint density at radius 2 is 0.863 bits per heavy atom. The van der Waals surface area contributed by atoms with Crippen LogP contribution in [0.5, 0.6) is 0 Å². The van der Waals surface area contributed by atoms with Crippen molar-refractivity contribution in [3.8, 4) is 11.5 Å². The predicted octanol–water partition coefficient (Wildman–Crippen LogP) is 11.5. The van der Waals surface area contributed by atoms with Gasteiger partial charge in [0.2, 0.25) is 8.07 Å². The number of hydrogen-bond donors (Lipinski definition) is 1. The molecule has 2 aliphatic rings. The van der Waals surface area contributed by atoms with Crippen LogP contribution in [-0.2, 0) is 0 Å². The van der Waals surface area contributed by atoms with Crippen molar-refractivity contribution in [2.75, 3.05) is 5.32 Å². The van der Waals surface area contributed by atoms with Crippen molar-refractivity contribution < 1.29 is 0 Å². The fourth-order valence-corrected chi connectivity index (χ4v) is 13.2. The van der Waals surface area contributed by atoms with E-state index < -0.39 is 8.07 Å². The van der Waals surface area contributed by atoms with Crippen LogP contribution in [0.2, 0.25) is 0 Å². The first-order valence-electron chi connectivity index (χ1n) is 17.3. The van der Waals surface area contributed by atoms with Gasteiger partial charge < -0.3 is 5.32 Å². The van der Waals surface area contributed by atoms with Crippen LogP contribution in [0.25, 0.3) is 21.5 Å². The Labute approximate surface area is 305 Å². The lowest BCUT2D eigenvalue weighted by Gasteiger charge is -2.30. The zero-order valence-corrected chi connectivity index (χ0v) is 29.7. The molecule has 0 bridgehead atoms. The Morgan fingerprint density at radius 3 is 1.41 bits per heavy atom. The third kappa shape index (κ3) is 5.56. The number of para-hydroxylation sites is 1. The van der Waals surface area contributed by atoms with Crippen LogP contribution in [0.4, 0.5) is 11.4 Å². The summed E-state index contributed by atoms with van der Waals surface area (Å²) < 4.78 is 0. The average molecular weight is 684 g/mol. The molecule has 51 heavy (non-hydrogen) atoms. The fraction of sp³-hybridized carbons (Fsp3) is 0. The van der Waals surface area contributed by atoms with Crippen molar-refractivity contribution in [2.24, 2.45) is 0 Å². The Balaban J connectivity index is 1.39. The van der Waals surface area contributed by atoms with Gasteiger partial charge in [-0.2, -0.15) is 0 Å². The molecule has 2 heterocycles. The van der Waals surface area contributed by atoms with Crippen molar-refractivity contribution in [1.82, 2.24) is 0 Å². The van der Waals surface area contributed by atoms with Crippen LogP contribution >= 0.6 is 11.8 Å². The maximum atomic E-state index is 4.19. The second-order valence-electron chi connectivity index (χ2n) is 12.8. The second-order valence-corrected chi connectivity index (χ2v) is 17.2. The molecule has 1 N–H and O–H groups in total. The zero-order chi connectivity index (χ0) is 34.0. The van der Waals surface area contributed by atoms with E-state index in [-0.39, 0.29) is 0 Å². The largest absolute Gasteiger partial charge is 0.354 e. The molecule has 240 valence electrons. The molecule has 7 aromatic rings. The molecule has 1 nitrogen and oxygen atoms in total. The molecule has 3 heteroatoms. The monoisotopic (exact) mass is 683 g/mol. The standard InChI is InChI=1S/C48H33NSSi/c1-6-18-36(19-7-1)45-46(37-20-8-2-9-21-37)48(39-24-12-4-13-25-39)51(40-26-14-5-15-27-40,47(45)38-22-10-3-11-23-38)33-32-35-30-31-44-42(34-35)49-41-28-16-17-29-43(41)50-44/h1-31,34,49H. The quantitative estimate of drug-likeness (QED) is 0.143. The van der Waals surface area contributed by atoms with Gasteiger partial charge in [0.25, 0.3) is 0 Å². The average Bonchev–Trinajstić information content (AvgIpc) is 3.53. The molecule has 9 rings (SSSR count). The van der Waals surface area contributed by atoms with Crippen molar-refractivity contribution in [3.63, 3.8) is 0 Å². The van der Waals surface area contributed by atoms with E-state index in [0.717, 1.165) is 16.9 Å². The lowest BCUT2D eigenvalue weighted by atomic mass is 9.89. The molecule has 0 fully saturated rings. The molecule has 7 aromatic carbocycles. The summed E-state index contributed by atoms with van der Waals surface area (Å²) in [5.74, 6) is 3.84. The number of fused-ring (bicyclic) bond motifs is 2. The van der Waals surface area contributed by atoms with Gasteiger partial charge in [-0.15, -0.1) is 5.54 Å². The van der Waals surface area contributed by atoms with Gasteiger partial charge in [-0.25, -0.2) is 0 Å². The number of hydrogen-bond acceptors (Lipinski definition) is 2. The number of benzene rings is 7. The summed E-state index contributed by atoms with van der Waals surface area (Å²) in [6.07, 6.45) is 0. The van der Waals surface area contributed by atoms with E-state index in [0.29, 0.717) is 0 Å². The SMILES string of the molecule is C(#C[Si]1(c2ccccc2)C(c2ccccc2)=C(c2ccccc2)C(c2ccccc2)=C1c1ccccc1)c1ccc2c(c1)Nc1ccccc1S2. The number of anilines is 2. The maximum Gasteiger partial charge on any atom is 0.232 e. The molecule has 0 saturated heterocycles. The highest BCUT2D eigenvalue weighted by Gasteiger charge is 2.51. The summed E-state index contributed by atoms with van der Waals surface area (Å²) in [6.45, 7) is 0. The highest BCUT2D eigenvalue weighted by atomic mass is 32.2. The minimum atomic E-state index is -3.14. The first-order valence-corrected chi connectivity index (χ1v) is 20.1. The van der Waals surface area contributed by atoms with Gasteiger partial charge in [0, 0.05) is 15.4 Å². The molecule has 0 spiro atoms. The van der Waals surface area contributed by atoms with E-state index >= 15 is 0 Å². The van der Waals surface area contributed by atoms with Gasteiger partial charge in [-0.3, -0.25) is 0 Å². The molecule has 0 amide bonds. The molecular weight excluding hydrogens is 651 g/mol. The molecule has 0 unspecified atom stereocenters. The van der Waals surface area contributed by atoms with E-state index in [1.54, 1.807) is 11.8 Å². The molecule has 2 aliphatic heterocycles. The summed E-state index contributed by atoms with van der Waals surface area (Å²) >= 11 is 1.80.